The molecule has 0 amide bonds. The van der Waals surface area contributed by atoms with Gasteiger partial charge in [-0.05, 0) is 31.9 Å². The van der Waals surface area contributed by atoms with Crippen molar-refractivity contribution < 1.29 is 0 Å². The Morgan fingerprint density at radius 2 is 2.05 bits per heavy atom. The largest absolute Gasteiger partial charge is 0.384 e. The molecular formula is C14H24N4S. The van der Waals surface area contributed by atoms with Gasteiger partial charge in [-0.25, -0.2) is 9.97 Å². The molecule has 5 heteroatoms. The Hall–Kier alpha value is -0.970. The highest BCUT2D eigenvalue weighted by atomic mass is 32.2. The van der Waals surface area contributed by atoms with Crippen LogP contribution >= 0.6 is 11.8 Å². The van der Waals surface area contributed by atoms with E-state index in [2.05, 4.69) is 35.4 Å². The monoisotopic (exact) mass is 280 g/mol. The van der Waals surface area contributed by atoms with Gasteiger partial charge in [-0.3, -0.25) is 0 Å². The van der Waals surface area contributed by atoms with Crippen molar-refractivity contribution >= 4 is 23.4 Å². The van der Waals surface area contributed by atoms with Crippen molar-refractivity contribution in [2.24, 2.45) is 0 Å². The average molecular weight is 280 g/mol. The molecule has 19 heavy (non-hydrogen) atoms. The molecule has 0 aromatic carbocycles. The van der Waals surface area contributed by atoms with Crippen LogP contribution in [0.3, 0.4) is 0 Å². The number of aromatic nitrogens is 2. The van der Waals surface area contributed by atoms with E-state index in [1.165, 1.54) is 12.8 Å². The molecule has 0 aliphatic heterocycles. The third kappa shape index (κ3) is 3.53. The topological polar surface area (TPSA) is 63.8 Å². The zero-order chi connectivity index (χ0) is 13.9. The molecule has 1 aliphatic carbocycles. The van der Waals surface area contributed by atoms with Crippen LogP contribution in [0.2, 0.25) is 0 Å². The number of hydrogen-bond acceptors (Lipinski definition) is 5. The van der Waals surface area contributed by atoms with E-state index in [1.54, 1.807) is 0 Å². The maximum Gasteiger partial charge on any atom is 0.136 e. The lowest BCUT2D eigenvalue weighted by molar-refractivity contribution is 0.573. The van der Waals surface area contributed by atoms with Crippen molar-refractivity contribution in [2.45, 2.75) is 50.2 Å². The first-order chi connectivity index (χ1) is 9.12. The predicted molar refractivity (Wildman–Crippen MR) is 83.7 cm³/mol. The molecule has 0 spiro atoms. The summed E-state index contributed by atoms with van der Waals surface area (Å²) in [4.78, 5) is 8.91. The van der Waals surface area contributed by atoms with Crippen LogP contribution in [0.15, 0.2) is 6.07 Å². The first-order valence-electron chi connectivity index (χ1n) is 7.06. The summed E-state index contributed by atoms with van der Waals surface area (Å²) in [5.74, 6) is 2.88. The molecule has 1 aliphatic rings. The van der Waals surface area contributed by atoms with Gasteiger partial charge in [0.25, 0.3) is 0 Å². The van der Waals surface area contributed by atoms with Crippen LogP contribution in [0, 0.1) is 0 Å². The molecule has 2 rings (SSSR count). The van der Waals surface area contributed by atoms with Crippen LogP contribution in [0.5, 0.6) is 0 Å². The SMILES string of the molecule is CCC(CC)(CNc1cc(N)nc(C2CC2)n1)SC. The van der Waals surface area contributed by atoms with E-state index in [4.69, 9.17) is 5.73 Å². The zero-order valence-electron chi connectivity index (χ0n) is 12.1. The Labute approximate surface area is 120 Å². The summed E-state index contributed by atoms with van der Waals surface area (Å²) in [6, 6.07) is 1.84. The van der Waals surface area contributed by atoms with E-state index >= 15 is 0 Å². The molecule has 1 heterocycles. The molecule has 0 saturated heterocycles. The number of thioether (sulfide) groups is 1. The highest BCUT2D eigenvalue weighted by Gasteiger charge is 2.28. The number of nitrogens with two attached hydrogens (primary N) is 1. The van der Waals surface area contributed by atoms with Crippen molar-refractivity contribution in [2.75, 3.05) is 23.9 Å². The predicted octanol–water partition coefficient (Wildman–Crippen LogP) is 3.27. The molecular weight excluding hydrogens is 256 g/mol. The molecule has 1 saturated carbocycles. The van der Waals surface area contributed by atoms with Gasteiger partial charge in [-0.2, -0.15) is 11.8 Å². The Morgan fingerprint density at radius 3 is 2.58 bits per heavy atom. The minimum atomic E-state index is 0.277. The molecule has 0 atom stereocenters. The number of anilines is 2. The van der Waals surface area contributed by atoms with Crippen molar-refractivity contribution in [3.8, 4) is 0 Å². The van der Waals surface area contributed by atoms with Crippen LogP contribution < -0.4 is 11.1 Å². The third-order valence-corrected chi connectivity index (χ3v) is 5.61. The standard InChI is InChI=1S/C14H24N4S/c1-4-14(5-2,19-3)9-16-12-8-11(15)17-13(18-12)10-6-7-10/h8,10H,4-7,9H2,1-3H3,(H3,15,16,17,18). The molecule has 4 nitrogen and oxygen atoms in total. The number of nitrogens with zero attached hydrogens (tertiary/aromatic N) is 2. The summed E-state index contributed by atoms with van der Waals surface area (Å²) in [5, 5.41) is 3.45. The summed E-state index contributed by atoms with van der Waals surface area (Å²) in [6.45, 7) is 5.40. The number of nitrogens with one attached hydrogen (secondary N) is 1. The van der Waals surface area contributed by atoms with Crippen molar-refractivity contribution in [3.05, 3.63) is 11.9 Å². The van der Waals surface area contributed by atoms with Crippen molar-refractivity contribution in [1.29, 1.82) is 0 Å². The van der Waals surface area contributed by atoms with E-state index in [-0.39, 0.29) is 4.75 Å². The number of rotatable bonds is 7. The first-order valence-corrected chi connectivity index (χ1v) is 8.28. The Kier molecular flexibility index (Phi) is 4.55. The van der Waals surface area contributed by atoms with Crippen LogP contribution in [-0.2, 0) is 0 Å². The van der Waals surface area contributed by atoms with Gasteiger partial charge in [0.15, 0.2) is 0 Å². The number of hydrogen-bond donors (Lipinski definition) is 2. The smallest absolute Gasteiger partial charge is 0.136 e. The fourth-order valence-electron chi connectivity index (χ4n) is 2.21. The second-order valence-electron chi connectivity index (χ2n) is 5.26. The maximum absolute atomic E-state index is 5.87. The summed E-state index contributed by atoms with van der Waals surface area (Å²) in [6.07, 6.45) is 6.86. The second-order valence-corrected chi connectivity index (χ2v) is 6.53. The maximum atomic E-state index is 5.87. The summed E-state index contributed by atoms with van der Waals surface area (Å²) < 4.78 is 0.277. The van der Waals surface area contributed by atoms with Crippen molar-refractivity contribution in [1.82, 2.24) is 9.97 Å². The molecule has 1 fully saturated rings. The molecule has 106 valence electrons. The van der Waals surface area contributed by atoms with E-state index < -0.39 is 0 Å². The van der Waals surface area contributed by atoms with E-state index in [0.717, 1.165) is 31.0 Å². The quantitative estimate of drug-likeness (QED) is 0.802. The molecule has 1 aromatic rings. The normalized spacial score (nSPS) is 15.5. The van der Waals surface area contributed by atoms with Crippen molar-refractivity contribution in [3.63, 3.8) is 0 Å². The molecule has 3 N–H and O–H groups in total. The lowest BCUT2D eigenvalue weighted by atomic mass is 10.0. The Morgan fingerprint density at radius 1 is 1.37 bits per heavy atom. The van der Waals surface area contributed by atoms with Crippen LogP contribution in [0.4, 0.5) is 11.6 Å². The summed E-state index contributed by atoms with van der Waals surface area (Å²) >= 11 is 1.93. The first kappa shape index (κ1) is 14.4. The van der Waals surface area contributed by atoms with Gasteiger partial charge >= 0.3 is 0 Å². The second kappa shape index (κ2) is 5.99. The van der Waals surface area contributed by atoms with Gasteiger partial charge in [0.05, 0.1) is 0 Å². The molecule has 0 bridgehead atoms. The van der Waals surface area contributed by atoms with Gasteiger partial charge in [-0.15, -0.1) is 0 Å². The third-order valence-electron chi connectivity index (χ3n) is 4.02. The van der Waals surface area contributed by atoms with Gasteiger partial charge in [0, 0.05) is 23.3 Å². The minimum absolute atomic E-state index is 0.277. The van der Waals surface area contributed by atoms with Gasteiger partial charge in [-0.1, -0.05) is 13.8 Å². The number of nitrogen functional groups attached to an aromatic ring is 1. The van der Waals surface area contributed by atoms with E-state index in [0.29, 0.717) is 11.7 Å². The highest BCUT2D eigenvalue weighted by Crippen LogP contribution is 2.38. The molecule has 0 unspecified atom stereocenters. The summed E-state index contributed by atoms with van der Waals surface area (Å²) in [7, 11) is 0. The lowest BCUT2D eigenvalue weighted by Crippen LogP contribution is -2.32. The fourth-order valence-corrected chi connectivity index (χ4v) is 3.01. The minimum Gasteiger partial charge on any atom is -0.384 e. The fraction of sp³-hybridized carbons (Fsp3) is 0.714. The Balaban J connectivity index is 2.06. The van der Waals surface area contributed by atoms with E-state index in [9.17, 15) is 0 Å². The van der Waals surface area contributed by atoms with Crippen LogP contribution in [0.25, 0.3) is 0 Å². The van der Waals surface area contributed by atoms with Crippen LogP contribution in [-0.4, -0.2) is 27.5 Å². The van der Waals surface area contributed by atoms with Gasteiger partial charge in [0.2, 0.25) is 0 Å². The van der Waals surface area contributed by atoms with Gasteiger partial charge < -0.3 is 11.1 Å². The van der Waals surface area contributed by atoms with E-state index in [1.807, 2.05) is 17.8 Å². The molecule has 0 radical (unpaired) electrons. The average Bonchev–Trinajstić information content (AvgIpc) is 3.25. The molecule has 1 aromatic heterocycles. The Bertz CT molecular complexity index is 419. The lowest BCUT2D eigenvalue weighted by Gasteiger charge is -2.30. The highest BCUT2D eigenvalue weighted by molar-refractivity contribution is 8.00. The summed E-state index contributed by atoms with van der Waals surface area (Å²) in [5.41, 5.74) is 5.87. The zero-order valence-corrected chi connectivity index (χ0v) is 12.9. The van der Waals surface area contributed by atoms with Gasteiger partial charge in [0.1, 0.15) is 17.5 Å². The van der Waals surface area contributed by atoms with Crippen LogP contribution in [0.1, 0.15) is 51.3 Å².